The summed E-state index contributed by atoms with van der Waals surface area (Å²) in [5.74, 6) is 1.85. The zero-order valence-corrected chi connectivity index (χ0v) is 20.4. The molecule has 0 aliphatic heterocycles. The SMILES string of the molecule is Oc1c(I)cc(Oc2c(I)cc(CCNCl)cc2I)cc1I. The van der Waals surface area contributed by atoms with Crippen molar-refractivity contribution in [2.45, 2.75) is 6.42 Å². The molecule has 0 amide bonds. The predicted molar refractivity (Wildman–Crippen MR) is 123 cm³/mol. The van der Waals surface area contributed by atoms with Gasteiger partial charge < -0.3 is 9.84 Å². The number of hydrogen-bond donors (Lipinski definition) is 2. The molecule has 2 aromatic carbocycles. The molecule has 0 fully saturated rings. The van der Waals surface area contributed by atoms with Gasteiger partial charge in [0.25, 0.3) is 0 Å². The van der Waals surface area contributed by atoms with E-state index in [4.69, 9.17) is 16.5 Å². The molecule has 0 spiro atoms. The lowest BCUT2D eigenvalue weighted by Crippen LogP contribution is -2.05. The number of aromatic hydroxyl groups is 1. The lowest BCUT2D eigenvalue weighted by atomic mass is 10.1. The second-order valence-electron chi connectivity index (χ2n) is 4.36. The van der Waals surface area contributed by atoms with E-state index in [0.29, 0.717) is 5.75 Å². The van der Waals surface area contributed by atoms with Crippen LogP contribution in [0.25, 0.3) is 0 Å². The minimum atomic E-state index is 0.293. The molecule has 0 saturated heterocycles. The minimum absolute atomic E-state index is 0.293. The number of ether oxygens (including phenoxy) is 1. The van der Waals surface area contributed by atoms with Gasteiger partial charge in [0.05, 0.1) is 14.3 Å². The van der Waals surface area contributed by atoms with Crippen LogP contribution in [-0.2, 0) is 6.42 Å². The molecule has 0 aromatic heterocycles. The van der Waals surface area contributed by atoms with Crippen LogP contribution < -0.4 is 9.57 Å². The Morgan fingerprint density at radius 1 is 0.955 bits per heavy atom. The second-order valence-corrected chi connectivity index (χ2v) is 9.28. The highest BCUT2D eigenvalue weighted by molar-refractivity contribution is 14.1. The molecule has 0 saturated carbocycles. The van der Waals surface area contributed by atoms with Crippen LogP contribution in [0, 0.1) is 14.3 Å². The monoisotopic (exact) mass is 767 g/mol. The first-order valence-corrected chi connectivity index (χ1v) is 10.8. The Hall–Kier alpha value is 1.21. The van der Waals surface area contributed by atoms with Gasteiger partial charge in [-0.3, -0.25) is 0 Å². The van der Waals surface area contributed by atoms with Crippen molar-refractivity contribution in [1.82, 2.24) is 4.84 Å². The van der Waals surface area contributed by atoms with Crippen molar-refractivity contribution in [3.63, 3.8) is 0 Å². The third kappa shape index (κ3) is 5.10. The lowest BCUT2D eigenvalue weighted by Gasteiger charge is -2.13. The molecular formula is C14H10ClI4NO2. The molecule has 8 heteroatoms. The number of phenolic OH excluding ortho intramolecular Hbond substituents is 1. The van der Waals surface area contributed by atoms with Gasteiger partial charge in [-0.1, -0.05) is 0 Å². The molecule has 0 aliphatic carbocycles. The quantitative estimate of drug-likeness (QED) is 0.295. The number of hydrogen-bond acceptors (Lipinski definition) is 3. The van der Waals surface area contributed by atoms with E-state index in [9.17, 15) is 5.11 Å². The Balaban J connectivity index is 2.30. The van der Waals surface area contributed by atoms with Crippen LogP contribution in [0.3, 0.4) is 0 Å². The highest BCUT2D eigenvalue weighted by Gasteiger charge is 2.13. The summed E-state index contributed by atoms with van der Waals surface area (Å²) in [7, 11) is 0. The Morgan fingerprint density at radius 2 is 1.50 bits per heavy atom. The first kappa shape index (κ1) is 19.5. The van der Waals surface area contributed by atoms with Crippen molar-refractivity contribution in [1.29, 1.82) is 0 Å². The fourth-order valence-corrected chi connectivity index (χ4v) is 5.69. The lowest BCUT2D eigenvalue weighted by molar-refractivity contribution is 0.455. The van der Waals surface area contributed by atoms with Crippen LogP contribution in [-0.4, -0.2) is 11.7 Å². The topological polar surface area (TPSA) is 41.5 Å². The summed E-state index contributed by atoms with van der Waals surface area (Å²) in [6.45, 7) is 0.724. The summed E-state index contributed by atoms with van der Waals surface area (Å²) in [5, 5.41) is 9.83. The van der Waals surface area contributed by atoms with Crippen LogP contribution in [0.15, 0.2) is 24.3 Å². The van der Waals surface area contributed by atoms with Crippen molar-refractivity contribution in [2.24, 2.45) is 0 Å². The van der Waals surface area contributed by atoms with Gasteiger partial charge in [0, 0.05) is 6.54 Å². The third-order valence-electron chi connectivity index (χ3n) is 2.78. The van der Waals surface area contributed by atoms with Gasteiger partial charge in [-0.25, -0.2) is 4.84 Å². The van der Waals surface area contributed by atoms with Crippen molar-refractivity contribution < 1.29 is 9.84 Å². The van der Waals surface area contributed by atoms with Crippen LogP contribution >= 0.6 is 102 Å². The fraction of sp³-hybridized carbons (Fsp3) is 0.143. The van der Waals surface area contributed by atoms with Gasteiger partial charge in [0.15, 0.2) is 5.75 Å². The molecule has 0 aliphatic rings. The number of rotatable bonds is 5. The van der Waals surface area contributed by atoms with Gasteiger partial charge in [-0.15, -0.1) is 0 Å². The van der Waals surface area contributed by atoms with Gasteiger partial charge in [0.1, 0.15) is 11.5 Å². The highest BCUT2D eigenvalue weighted by Crippen LogP contribution is 2.36. The van der Waals surface area contributed by atoms with E-state index < -0.39 is 0 Å². The van der Waals surface area contributed by atoms with E-state index in [0.717, 1.165) is 38.7 Å². The van der Waals surface area contributed by atoms with Crippen LogP contribution in [0.5, 0.6) is 17.2 Å². The van der Waals surface area contributed by atoms with Crippen molar-refractivity contribution in [3.8, 4) is 17.2 Å². The van der Waals surface area contributed by atoms with Crippen LogP contribution in [0.2, 0.25) is 0 Å². The summed E-state index contributed by atoms with van der Waals surface area (Å²) >= 11 is 14.3. The van der Waals surface area contributed by atoms with Crippen molar-refractivity contribution in [3.05, 3.63) is 44.1 Å². The summed E-state index contributed by atoms with van der Waals surface area (Å²) in [6.07, 6.45) is 0.866. The van der Waals surface area contributed by atoms with E-state index in [1.165, 1.54) is 5.56 Å². The fourth-order valence-electron chi connectivity index (χ4n) is 1.76. The van der Waals surface area contributed by atoms with E-state index >= 15 is 0 Å². The summed E-state index contributed by atoms with van der Waals surface area (Å²) in [4.78, 5) is 2.64. The molecule has 2 N–H and O–H groups in total. The second kappa shape index (κ2) is 9.06. The molecule has 2 aromatic rings. The van der Waals surface area contributed by atoms with Gasteiger partial charge >= 0.3 is 0 Å². The molecule has 0 atom stereocenters. The Morgan fingerprint density at radius 3 is 2.00 bits per heavy atom. The largest absolute Gasteiger partial charge is 0.506 e. The van der Waals surface area contributed by atoms with E-state index in [2.05, 4.69) is 107 Å². The number of halogens is 5. The summed E-state index contributed by atoms with van der Waals surface area (Å²) in [6, 6.07) is 7.86. The molecule has 0 radical (unpaired) electrons. The van der Waals surface area contributed by atoms with E-state index in [-0.39, 0.29) is 0 Å². The molecule has 22 heavy (non-hydrogen) atoms. The van der Waals surface area contributed by atoms with Crippen molar-refractivity contribution in [2.75, 3.05) is 6.54 Å². The van der Waals surface area contributed by atoms with Gasteiger partial charge in [-0.05, 0) is 138 Å². The number of benzene rings is 2. The van der Waals surface area contributed by atoms with Crippen LogP contribution in [0.4, 0.5) is 0 Å². The molecule has 0 bridgehead atoms. The predicted octanol–water partition coefficient (Wildman–Crippen LogP) is 5.89. The normalized spacial score (nSPS) is 10.8. The molecule has 0 heterocycles. The smallest absolute Gasteiger partial charge is 0.154 e. The Kier molecular flexibility index (Phi) is 8.04. The maximum atomic E-state index is 9.83. The minimum Gasteiger partial charge on any atom is -0.506 e. The maximum Gasteiger partial charge on any atom is 0.154 e. The van der Waals surface area contributed by atoms with E-state index in [1.54, 1.807) is 0 Å². The molecule has 3 nitrogen and oxygen atoms in total. The zero-order valence-electron chi connectivity index (χ0n) is 11.0. The standard InChI is InChI=1S/C14H10ClI4NO2/c15-20-2-1-7-3-11(18)14(12(19)4-7)22-8-5-9(16)13(21)10(17)6-8/h3-6,20-21H,1-2H2. The number of phenols is 1. The zero-order chi connectivity index (χ0) is 16.3. The first-order valence-electron chi connectivity index (χ1n) is 6.09. The molecule has 0 unspecified atom stereocenters. The first-order chi connectivity index (χ1) is 10.4. The maximum absolute atomic E-state index is 9.83. The Labute approximate surface area is 188 Å². The van der Waals surface area contributed by atoms with Gasteiger partial charge in [0.2, 0.25) is 0 Å². The average molecular weight is 767 g/mol. The highest BCUT2D eigenvalue weighted by atomic mass is 127. The number of nitrogens with one attached hydrogen (secondary N) is 1. The summed E-state index contributed by atoms with van der Waals surface area (Å²) in [5.41, 5.74) is 1.21. The molecule has 118 valence electrons. The van der Waals surface area contributed by atoms with Crippen LogP contribution in [0.1, 0.15) is 5.56 Å². The third-order valence-corrected chi connectivity index (χ3v) is 6.21. The van der Waals surface area contributed by atoms with E-state index in [1.807, 2.05) is 12.1 Å². The van der Waals surface area contributed by atoms with Gasteiger partial charge in [-0.2, -0.15) is 0 Å². The molecule has 2 rings (SSSR count). The summed E-state index contributed by atoms with van der Waals surface area (Å²) < 4.78 is 9.68. The average Bonchev–Trinajstić information content (AvgIpc) is 2.46. The molecular weight excluding hydrogens is 757 g/mol. The van der Waals surface area contributed by atoms with Crippen molar-refractivity contribution >= 4 is 102 Å². The Bertz CT molecular complexity index is 651.